The van der Waals surface area contributed by atoms with Crippen molar-refractivity contribution in [2.75, 3.05) is 32.1 Å². The number of aliphatic hydroxyl groups is 3. The Labute approximate surface area is 118 Å². The maximum Gasteiger partial charge on any atom is 0.264 e. The third kappa shape index (κ3) is 5.17. The van der Waals surface area contributed by atoms with E-state index in [2.05, 4.69) is 6.58 Å². The van der Waals surface area contributed by atoms with Crippen LogP contribution in [-0.2, 0) is 14.9 Å². The highest BCUT2D eigenvalue weighted by molar-refractivity contribution is 7.85. The zero-order valence-electron chi connectivity index (χ0n) is 11.3. The van der Waals surface area contributed by atoms with Crippen LogP contribution < -0.4 is 0 Å². The van der Waals surface area contributed by atoms with Gasteiger partial charge in [0, 0.05) is 12.1 Å². The molecule has 20 heavy (non-hydrogen) atoms. The molecule has 118 valence electrons. The molecule has 4 N–H and O–H groups in total. The van der Waals surface area contributed by atoms with E-state index in [1.165, 1.54) is 6.92 Å². The van der Waals surface area contributed by atoms with Crippen LogP contribution in [0.4, 0.5) is 0 Å². The second-order valence-corrected chi connectivity index (χ2v) is 6.15. The van der Waals surface area contributed by atoms with Gasteiger partial charge in [-0.05, 0) is 13.3 Å². The molecule has 0 aliphatic carbocycles. The average Bonchev–Trinajstić information content (AvgIpc) is 2.37. The van der Waals surface area contributed by atoms with E-state index in [1.807, 2.05) is 0 Å². The van der Waals surface area contributed by atoms with Crippen LogP contribution in [0, 0.1) is 0 Å². The van der Waals surface area contributed by atoms with Crippen molar-refractivity contribution in [3.8, 4) is 0 Å². The van der Waals surface area contributed by atoms with Gasteiger partial charge in [-0.25, -0.2) is 0 Å². The molecule has 0 aromatic rings. The number of rotatable bonds is 9. The van der Waals surface area contributed by atoms with Crippen LogP contribution in [0.1, 0.15) is 13.3 Å². The third-order valence-corrected chi connectivity index (χ3v) is 3.65. The Morgan fingerprint density at radius 2 is 1.65 bits per heavy atom. The smallest absolute Gasteiger partial charge is 0.264 e. The van der Waals surface area contributed by atoms with Gasteiger partial charge in [0.1, 0.15) is 5.54 Å². The molecule has 1 amide bonds. The Morgan fingerprint density at radius 1 is 1.20 bits per heavy atom. The van der Waals surface area contributed by atoms with Gasteiger partial charge in [-0.3, -0.25) is 9.35 Å². The fourth-order valence-corrected chi connectivity index (χ4v) is 2.09. The van der Waals surface area contributed by atoms with Crippen molar-refractivity contribution >= 4 is 16.0 Å². The number of carbonyl (C=O) groups is 1. The lowest BCUT2D eigenvalue weighted by Crippen LogP contribution is -2.60. The lowest BCUT2D eigenvalue weighted by atomic mass is 9.99. The van der Waals surface area contributed by atoms with Crippen molar-refractivity contribution in [2.24, 2.45) is 0 Å². The van der Waals surface area contributed by atoms with Gasteiger partial charge in [0.25, 0.3) is 10.1 Å². The molecule has 0 rings (SSSR count). The SMILES string of the molecule is C=C(C)C(=O)N(CCCS(=O)(=O)O)C(CO)(CO)CO. The Hall–Kier alpha value is -1.00. The number of amides is 1. The highest BCUT2D eigenvalue weighted by Gasteiger charge is 2.38. The Balaban J connectivity index is 5.18. The summed E-state index contributed by atoms with van der Waals surface area (Å²) in [5, 5.41) is 28.0. The van der Waals surface area contributed by atoms with E-state index >= 15 is 0 Å². The van der Waals surface area contributed by atoms with Gasteiger partial charge in [-0.2, -0.15) is 8.42 Å². The average molecular weight is 311 g/mol. The summed E-state index contributed by atoms with van der Waals surface area (Å²) in [6.45, 7) is 2.57. The molecular weight excluding hydrogens is 290 g/mol. The van der Waals surface area contributed by atoms with Gasteiger partial charge in [0.2, 0.25) is 5.91 Å². The van der Waals surface area contributed by atoms with E-state index in [9.17, 15) is 28.5 Å². The number of hydrogen-bond donors (Lipinski definition) is 4. The second kappa shape index (κ2) is 7.70. The molecule has 9 heteroatoms. The summed E-state index contributed by atoms with van der Waals surface area (Å²) in [6.07, 6.45) is -0.112. The predicted molar refractivity (Wildman–Crippen MR) is 71.5 cm³/mol. The first-order valence-electron chi connectivity index (χ1n) is 5.89. The fourth-order valence-electron chi connectivity index (χ4n) is 1.60. The quantitative estimate of drug-likeness (QED) is 0.297. The number of nitrogens with zero attached hydrogens (tertiary/aromatic N) is 1. The van der Waals surface area contributed by atoms with Crippen LogP contribution in [0.3, 0.4) is 0 Å². The summed E-state index contributed by atoms with van der Waals surface area (Å²) in [5.74, 6) is -1.21. The highest BCUT2D eigenvalue weighted by atomic mass is 32.2. The molecule has 8 nitrogen and oxygen atoms in total. The third-order valence-electron chi connectivity index (χ3n) is 2.85. The molecule has 0 aromatic heterocycles. The highest BCUT2D eigenvalue weighted by Crippen LogP contribution is 2.18. The number of carbonyl (C=O) groups excluding carboxylic acids is 1. The minimum absolute atomic E-state index is 0.108. The van der Waals surface area contributed by atoms with E-state index < -0.39 is 47.1 Å². The van der Waals surface area contributed by atoms with Gasteiger partial charge in [0.05, 0.1) is 25.6 Å². The van der Waals surface area contributed by atoms with Crippen molar-refractivity contribution in [1.29, 1.82) is 0 Å². The molecule has 0 heterocycles. The molecular formula is C11H21NO7S. The van der Waals surface area contributed by atoms with Crippen molar-refractivity contribution in [2.45, 2.75) is 18.9 Å². The summed E-state index contributed by atoms with van der Waals surface area (Å²) in [5.41, 5.74) is -1.51. The molecule has 0 aliphatic heterocycles. The monoisotopic (exact) mass is 311 g/mol. The van der Waals surface area contributed by atoms with Crippen LogP contribution in [0.5, 0.6) is 0 Å². The van der Waals surface area contributed by atoms with Crippen LogP contribution in [0.15, 0.2) is 12.2 Å². The van der Waals surface area contributed by atoms with Crippen molar-refractivity contribution in [3.63, 3.8) is 0 Å². The first kappa shape index (κ1) is 19.0. The van der Waals surface area contributed by atoms with Crippen molar-refractivity contribution in [3.05, 3.63) is 12.2 Å². The summed E-state index contributed by atoms with van der Waals surface area (Å²) >= 11 is 0. The maximum absolute atomic E-state index is 12.0. The summed E-state index contributed by atoms with van der Waals surface area (Å²) in [7, 11) is -4.18. The first-order valence-corrected chi connectivity index (χ1v) is 7.49. The number of aliphatic hydroxyl groups excluding tert-OH is 3. The van der Waals surface area contributed by atoms with E-state index in [0.717, 1.165) is 4.90 Å². The lowest BCUT2D eigenvalue weighted by molar-refractivity contribution is -0.141. The topological polar surface area (TPSA) is 135 Å². The van der Waals surface area contributed by atoms with Crippen LogP contribution in [-0.4, -0.2) is 76.8 Å². The fraction of sp³-hybridized carbons (Fsp3) is 0.727. The van der Waals surface area contributed by atoms with Crippen molar-refractivity contribution in [1.82, 2.24) is 4.90 Å². The molecule has 0 fully saturated rings. The van der Waals surface area contributed by atoms with Gasteiger partial charge in [-0.15, -0.1) is 0 Å². The van der Waals surface area contributed by atoms with E-state index in [1.54, 1.807) is 0 Å². The van der Waals surface area contributed by atoms with Gasteiger partial charge in [0.15, 0.2) is 0 Å². The van der Waals surface area contributed by atoms with E-state index in [4.69, 9.17) is 4.55 Å². The predicted octanol–water partition coefficient (Wildman–Crippen LogP) is -1.62. The zero-order chi connectivity index (χ0) is 16.0. The molecule has 0 spiro atoms. The second-order valence-electron chi connectivity index (χ2n) is 4.58. The summed E-state index contributed by atoms with van der Waals surface area (Å²) in [6, 6.07) is 0. The molecule has 0 radical (unpaired) electrons. The van der Waals surface area contributed by atoms with Gasteiger partial charge in [-0.1, -0.05) is 6.58 Å². The summed E-state index contributed by atoms with van der Waals surface area (Å²) < 4.78 is 30.0. The standard InChI is InChI=1S/C11H21NO7S/c1-9(2)10(16)12(4-3-5-20(17,18)19)11(6-13,7-14)8-15/h13-15H,1,3-8H2,2H3,(H,17,18,19). The molecule has 0 aromatic carbocycles. The van der Waals surface area contributed by atoms with E-state index in [0.29, 0.717) is 0 Å². The van der Waals surface area contributed by atoms with Crippen LogP contribution in [0.25, 0.3) is 0 Å². The normalized spacial score (nSPS) is 12.2. The molecule has 0 unspecified atom stereocenters. The Bertz CT molecular complexity index is 433. The van der Waals surface area contributed by atoms with E-state index in [-0.39, 0.29) is 18.5 Å². The summed E-state index contributed by atoms with van der Waals surface area (Å²) in [4.78, 5) is 13.0. The molecule has 0 bridgehead atoms. The molecule has 0 aliphatic rings. The zero-order valence-corrected chi connectivity index (χ0v) is 12.1. The largest absolute Gasteiger partial charge is 0.394 e. The Morgan fingerprint density at radius 3 is 1.95 bits per heavy atom. The maximum atomic E-state index is 12.0. The first-order chi connectivity index (χ1) is 9.13. The molecule has 0 atom stereocenters. The van der Waals surface area contributed by atoms with Crippen LogP contribution in [0.2, 0.25) is 0 Å². The lowest BCUT2D eigenvalue weighted by Gasteiger charge is -2.40. The van der Waals surface area contributed by atoms with Crippen molar-refractivity contribution < 1.29 is 33.1 Å². The molecule has 0 saturated carbocycles. The van der Waals surface area contributed by atoms with Crippen LogP contribution >= 0.6 is 0 Å². The van der Waals surface area contributed by atoms with Gasteiger partial charge >= 0.3 is 0 Å². The minimum Gasteiger partial charge on any atom is -0.394 e. The number of hydrogen-bond acceptors (Lipinski definition) is 6. The Kier molecular flexibility index (Phi) is 7.31. The molecule has 0 saturated heterocycles. The minimum atomic E-state index is -4.18. The van der Waals surface area contributed by atoms with Gasteiger partial charge < -0.3 is 20.2 Å².